The summed E-state index contributed by atoms with van der Waals surface area (Å²) in [6, 6.07) is 18.6. The van der Waals surface area contributed by atoms with Gasteiger partial charge in [0.25, 0.3) is 0 Å². The molecule has 24 heavy (non-hydrogen) atoms. The molecule has 1 heterocycles. The van der Waals surface area contributed by atoms with E-state index in [1.807, 2.05) is 44.4 Å². The van der Waals surface area contributed by atoms with E-state index in [1.165, 1.54) is 16.7 Å². The molecule has 126 valence electrons. The molecule has 0 radical (unpaired) electrons. The number of benzene rings is 2. The number of rotatable bonds is 5. The first kappa shape index (κ1) is 16.7. The van der Waals surface area contributed by atoms with Gasteiger partial charge in [-0.15, -0.1) is 0 Å². The average molecular weight is 323 g/mol. The number of hydrogen-bond donors (Lipinski definition) is 2. The third-order valence-electron chi connectivity index (χ3n) is 4.68. The Labute approximate surface area is 143 Å². The minimum absolute atomic E-state index is 0.0762. The van der Waals surface area contributed by atoms with Crippen molar-refractivity contribution in [3.05, 3.63) is 71.3 Å². The second-order valence-corrected chi connectivity index (χ2v) is 6.54. The summed E-state index contributed by atoms with van der Waals surface area (Å²) in [5.74, 6) is 0.0762. The topological polar surface area (TPSA) is 44.4 Å². The normalized spacial score (nSPS) is 18.0. The second kappa shape index (κ2) is 7.60. The number of likely N-dealkylation sites (N-methyl/N-ethyl adjacent to an activating group) is 1. The van der Waals surface area contributed by atoms with Crippen LogP contribution >= 0.6 is 0 Å². The first-order valence-electron chi connectivity index (χ1n) is 8.44. The lowest BCUT2D eigenvalue weighted by Gasteiger charge is -2.28. The molecule has 2 atom stereocenters. The van der Waals surface area contributed by atoms with Crippen LogP contribution < -0.4 is 10.6 Å². The third-order valence-corrected chi connectivity index (χ3v) is 4.68. The van der Waals surface area contributed by atoms with Gasteiger partial charge in [0.1, 0.15) is 0 Å². The lowest BCUT2D eigenvalue weighted by Crippen LogP contribution is -2.49. The monoisotopic (exact) mass is 323 g/mol. The molecule has 3 rings (SSSR count). The van der Waals surface area contributed by atoms with Gasteiger partial charge in [0.05, 0.1) is 12.1 Å². The summed E-state index contributed by atoms with van der Waals surface area (Å²) in [4.78, 5) is 14.7. The van der Waals surface area contributed by atoms with Crippen LogP contribution in [-0.2, 0) is 17.8 Å². The van der Waals surface area contributed by atoms with E-state index < -0.39 is 0 Å². The molecule has 0 saturated heterocycles. The molecule has 0 bridgehead atoms. The Morgan fingerprint density at radius 1 is 1.12 bits per heavy atom. The summed E-state index contributed by atoms with van der Waals surface area (Å²) in [6.07, 6.45) is 0.750. The standard InChI is InChI=1S/C20H25N3O/c1-23(2)19(15-8-4-3-5-9-15)14-22-20(24)18-12-16-10-6-7-11-17(16)13-21-18/h3-11,18-19,21H,12-14H2,1-2H3,(H,22,24). The Morgan fingerprint density at radius 3 is 2.50 bits per heavy atom. The molecule has 0 aromatic heterocycles. The smallest absolute Gasteiger partial charge is 0.237 e. The quantitative estimate of drug-likeness (QED) is 0.886. The molecule has 0 spiro atoms. The third kappa shape index (κ3) is 3.83. The van der Waals surface area contributed by atoms with Gasteiger partial charge in [0.2, 0.25) is 5.91 Å². The minimum atomic E-state index is -0.154. The Bertz CT molecular complexity index is 684. The highest BCUT2D eigenvalue weighted by atomic mass is 16.2. The van der Waals surface area contributed by atoms with Gasteiger partial charge in [-0.2, -0.15) is 0 Å². The van der Waals surface area contributed by atoms with Crippen molar-refractivity contribution in [2.24, 2.45) is 0 Å². The Hall–Kier alpha value is -2.17. The van der Waals surface area contributed by atoms with Crippen molar-refractivity contribution in [2.45, 2.75) is 25.0 Å². The van der Waals surface area contributed by atoms with Crippen LogP contribution in [0.15, 0.2) is 54.6 Å². The predicted octanol–water partition coefficient (Wildman–Crippen LogP) is 2.12. The average Bonchev–Trinajstić information content (AvgIpc) is 2.62. The fourth-order valence-corrected chi connectivity index (χ4v) is 3.23. The molecule has 2 aromatic rings. The predicted molar refractivity (Wildman–Crippen MR) is 96.7 cm³/mol. The Kier molecular flexibility index (Phi) is 5.28. The van der Waals surface area contributed by atoms with Crippen molar-refractivity contribution in [1.29, 1.82) is 0 Å². The zero-order chi connectivity index (χ0) is 16.9. The molecule has 0 saturated carbocycles. The van der Waals surface area contributed by atoms with Gasteiger partial charge < -0.3 is 15.5 Å². The van der Waals surface area contributed by atoms with Crippen LogP contribution in [0.1, 0.15) is 22.7 Å². The fraction of sp³-hybridized carbons (Fsp3) is 0.350. The van der Waals surface area contributed by atoms with E-state index in [0.29, 0.717) is 6.54 Å². The van der Waals surface area contributed by atoms with Gasteiger partial charge in [0.15, 0.2) is 0 Å². The lowest BCUT2D eigenvalue weighted by atomic mass is 9.95. The van der Waals surface area contributed by atoms with Crippen LogP contribution in [0.25, 0.3) is 0 Å². The number of hydrogen-bond acceptors (Lipinski definition) is 3. The van der Waals surface area contributed by atoms with Crippen molar-refractivity contribution in [3.63, 3.8) is 0 Å². The highest BCUT2D eigenvalue weighted by Gasteiger charge is 2.24. The summed E-state index contributed by atoms with van der Waals surface area (Å²) >= 11 is 0. The van der Waals surface area contributed by atoms with Gasteiger partial charge in [-0.25, -0.2) is 0 Å². The fourth-order valence-electron chi connectivity index (χ4n) is 3.23. The van der Waals surface area contributed by atoms with Crippen LogP contribution in [-0.4, -0.2) is 37.5 Å². The van der Waals surface area contributed by atoms with Crippen molar-refractivity contribution < 1.29 is 4.79 Å². The van der Waals surface area contributed by atoms with Crippen LogP contribution in [0.4, 0.5) is 0 Å². The molecule has 2 aromatic carbocycles. The molecule has 4 nitrogen and oxygen atoms in total. The molecule has 2 N–H and O–H groups in total. The molecule has 4 heteroatoms. The lowest BCUT2D eigenvalue weighted by molar-refractivity contribution is -0.123. The molecular weight excluding hydrogens is 298 g/mol. The molecule has 0 aliphatic carbocycles. The summed E-state index contributed by atoms with van der Waals surface area (Å²) in [7, 11) is 4.08. The van der Waals surface area contributed by atoms with Crippen LogP contribution in [0.3, 0.4) is 0 Å². The maximum Gasteiger partial charge on any atom is 0.237 e. The van der Waals surface area contributed by atoms with Gasteiger partial charge >= 0.3 is 0 Å². The number of carbonyl (C=O) groups is 1. The van der Waals surface area contributed by atoms with Crippen LogP contribution in [0, 0.1) is 0 Å². The Morgan fingerprint density at radius 2 is 1.79 bits per heavy atom. The summed E-state index contributed by atoms with van der Waals surface area (Å²) in [5.41, 5.74) is 3.77. The van der Waals surface area contributed by atoms with E-state index >= 15 is 0 Å². The highest BCUT2D eigenvalue weighted by Crippen LogP contribution is 2.18. The van der Waals surface area contributed by atoms with Crippen molar-refractivity contribution >= 4 is 5.91 Å². The maximum atomic E-state index is 12.6. The number of fused-ring (bicyclic) bond motifs is 1. The summed E-state index contributed by atoms with van der Waals surface area (Å²) < 4.78 is 0. The summed E-state index contributed by atoms with van der Waals surface area (Å²) in [5, 5.41) is 6.46. The van der Waals surface area contributed by atoms with E-state index in [-0.39, 0.29) is 18.0 Å². The van der Waals surface area contributed by atoms with Gasteiger partial charge in [-0.05, 0) is 37.2 Å². The summed E-state index contributed by atoms with van der Waals surface area (Å²) in [6.45, 7) is 1.36. The molecule has 1 aliphatic heterocycles. The van der Waals surface area contributed by atoms with E-state index in [9.17, 15) is 4.79 Å². The van der Waals surface area contributed by atoms with Gasteiger partial charge in [-0.3, -0.25) is 4.79 Å². The SMILES string of the molecule is CN(C)C(CNC(=O)C1Cc2ccccc2CN1)c1ccccc1. The van der Waals surface area contributed by atoms with E-state index in [4.69, 9.17) is 0 Å². The zero-order valence-electron chi connectivity index (χ0n) is 14.3. The molecule has 1 aliphatic rings. The van der Waals surface area contributed by atoms with Gasteiger partial charge in [-0.1, -0.05) is 54.6 Å². The van der Waals surface area contributed by atoms with Crippen LogP contribution in [0.5, 0.6) is 0 Å². The Balaban J connectivity index is 1.61. The second-order valence-electron chi connectivity index (χ2n) is 6.54. The molecule has 1 amide bonds. The molecular formula is C20H25N3O. The van der Waals surface area contributed by atoms with Gasteiger partial charge in [0, 0.05) is 13.1 Å². The number of nitrogens with one attached hydrogen (secondary N) is 2. The van der Waals surface area contributed by atoms with E-state index in [1.54, 1.807) is 0 Å². The first-order chi connectivity index (χ1) is 11.6. The number of nitrogens with zero attached hydrogens (tertiary/aromatic N) is 1. The van der Waals surface area contributed by atoms with Crippen molar-refractivity contribution in [3.8, 4) is 0 Å². The first-order valence-corrected chi connectivity index (χ1v) is 8.44. The maximum absolute atomic E-state index is 12.6. The van der Waals surface area contributed by atoms with Crippen LogP contribution in [0.2, 0.25) is 0 Å². The van der Waals surface area contributed by atoms with Crippen molar-refractivity contribution in [1.82, 2.24) is 15.5 Å². The minimum Gasteiger partial charge on any atom is -0.353 e. The van der Waals surface area contributed by atoms with E-state index in [2.05, 4.69) is 39.8 Å². The highest BCUT2D eigenvalue weighted by molar-refractivity contribution is 5.82. The van der Waals surface area contributed by atoms with E-state index in [0.717, 1.165) is 13.0 Å². The zero-order valence-corrected chi connectivity index (χ0v) is 14.3. The molecule has 0 fully saturated rings. The van der Waals surface area contributed by atoms with Crippen molar-refractivity contribution in [2.75, 3.05) is 20.6 Å². The number of carbonyl (C=O) groups excluding carboxylic acids is 1. The largest absolute Gasteiger partial charge is 0.353 e. The number of amides is 1. The molecule has 2 unspecified atom stereocenters.